The molecule has 1 aromatic rings. The molecule has 0 radical (unpaired) electrons. The lowest BCUT2D eigenvalue weighted by Crippen LogP contribution is -2.36. The highest BCUT2D eigenvalue weighted by molar-refractivity contribution is 8.15. The summed E-state index contributed by atoms with van der Waals surface area (Å²) >= 11 is 1.89. The largest absolute Gasteiger partial charge is 0.480 e. The van der Waals surface area contributed by atoms with Crippen molar-refractivity contribution in [1.82, 2.24) is 9.88 Å². The molecule has 1 saturated heterocycles. The normalized spacial score (nSPS) is 18.4. The maximum Gasteiger partial charge on any atom is 0.323 e. The predicted molar refractivity (Wildman–Crippen MR) is 71.5 cm³/mol. The van der Waals surface area contributed by atoms with Crippen molar-refractivity contribution in [3.8, 4) is 0 Å². The fourth-order valence-corrected chi connectivity index (χ4v) is 3.06. The molecule has 3 amide bonds. The van der Waals surface area contributed by atoms with E-state index in [0.29, 0.717) is 21.8 Å². The van der Waals surface area contributed by atoms with Gasteiger partial charge in [0.1, 0.15) is 11.8 Å². The number of amides is 3. The van der Waals surface area contributed by atoms with Crippen LogP contribution in [0.3, 0.4) is 0 Å². The van der Waals surface area contributed by atoms with Crippen LogP contribution in [0, 0.1) is 0 Å². The van der Waals surface area contributed by atoms with Crippen molar-refractivity contribution in [1.29, 1.82) is 0 Å². The van der Waals surface area contributed by atoms with E-state index in [1.54, 1.807) is 5.38 Å². The Hall–Kier alpha value is -1.94. The van der Waals surface area contributed by atoms with Crippen molar-refractivity contribution >= 4 is 51.3 Å². The molecule has 0 spiro atoms. The van der Waals surface area contributed by atoms with Crippen LogP contribution in [0.15, 0.2) is 11.6 Å². The van der Waals surface area contributed by atoms with Crippen molar-refractivity contribution in [3.63, 3.8) is 0 Å². The second-order valence-electron chi connectivity index (χ2n) is 3.78. The Labute approximate surface area is 121 Å². The van der Waals surface area contributed by atoms with Crippen molar-refractivity contribution < 1.29 is 24.3 Å². The summed E-state index contributed by atoms with van der Waals surface area (Å²) < 4.78 is 0. The van der Waals surface area contributed by atoms with Gasteiger partial charge >= 0.3 is 5.97 Å². The van der Waals surface area contributed by atoms with Gasteiger partial charge in [-0.05, 0) is 0 Å². The van der Waals surface area contributed by atoms with Gasteiger partial charge in [0.05, 0.1) is 0 Å². The van der Waals surface area contributed by atoms with Gasteiger partial charge in [-0.25, -0.2) is 4.98 Å². The molecule has 1 fully saturated rings. The molecule has 0 unspecified atom stereocenters. The van der Waals surface area contributed by atoms with Gasteiger partial charge in [0.2, 0.25) is 11.8 Å². The first-order chi connectivity index (χ1) is 9.47. The van der Waals surface area contributed by atoms with E-state index in [1.807, 2.05) is 0 Å². The summed E-state index contributed by atoms with van der Waals surface area (Å²) in [5.41, 5.74) is 0. The molecule has 1 aliphatic heterocycles. The molecule has 2 heterocycles. The Kier molecular flexibility index (Phi) is 4.35. The van der Waals surface area contributed by atoms with Crippen LogP contribution in [0.2, 0.25) is 0 Å². The number of carboxylic acid groups (broad SMARTS) is 1. The molecule has 2 N–H and O–H groups in total. The quantitative estimate of drug-likeness (QED) is 0.818. The summed E-state index contributed by atoms with van der Waals surface area (Å²) in [5, 5.41) is 11.7. The van der Waals surface area contributed by atoms with E-state index in [4.69, 9.17) is 5.11 Å². The topological polar surface area (TPSA) is 117 Å². The van der Waals surface area contributed by atoms with Gasteiger partial charge in [-0.1, -0.05) is 11.8 Å². The summed E-state index contributed by atoms with van der Waals surface area (Å²) in [7, 11) is 0. The number of aromatic nitrogens is 1. The molecular formula is C10H9N3O5S2. The first kappa shape index (κ1) is 14.5. The number of carboxylic acids is 1. The van der Waals surface area contributed by atoms with Crippen molar-refractivity contribution in [3.05, 3.63) is 11.6 Å². The van der Waals surface area contributed by atoms with Crippen LogP contribution in [0.25, 0.3) is 0 Å². The zero-order valence-electron chi connectivity index (χ0n) is 9.94. The number of nitrogens with one attached hydrogen (secondary N) is 1. The minimum atomic E-state index is -1.28. The smallest absolute Gasteiger partial charge is 0.323 e. The Morgan fingerprint density at radius 1 is 1.45 bits per heavy atom. The summed E-state index contributed by atoms with van der Waals surface area (Å²) in [6.45, 7) is -0.685. The van der Waals surface area contributed by atoms with Crippen LogP contribution < -0.4 is 5.32 Å². The molecule has 0 aliphatic carbocycles. The van der Waals surface area contributed by atoms with Crippen molar-refractivity contribution in [2.75, 3.05) is 11.9 Å². The number of hydrogen-bond donors (Lipinski definition) is 2. The number of aliphatic carboxylic acids is 1. The highest BCUT2D eigenvalue weighted by Gasteiger charge is 2.41. The molecule has 0 bridgehead atoms. The predicted octanol–water partition coefficient (Wildman–Crippen LogP) is 0.620. The lowest BCUT2D eigenvalue weighted by molar-refractivity contribution is -0.141. The van der Waals surface area contributed by atoms with E-state index in [-0.39, 0.29) is 6.42 Å². The van der Waals surface area contributed by atoms with Gasteiger partial charge in [-0.15, -0.1) is 11.3 Å². The van der Waals surface area contributed by atoms with Crippen LogP contribution in [-0.2, 0) is 14.4 Å². The van der Waals surface area contributed by atoms with Crippen molar-refractivity contribution in [2.24, 2.45) is 0 Å². The molecule has 0 aromatic carbocycles. The first-order valence-corrected chi connectivity index (χ1v) is 7.16. The molecule has 10 heteroatoms. The van der Waals surface area contributed by atoms with Gasteiger partial charge in [-0.3, -0.25) is 24.1 Å². The van der Waals surface area contributed by atoms with E-state index in [0.717, 1.165) is 0 Å². The third-order valence-corrected chi connectivity index (χ3v) is 4.11. The second-order valence-corrected chi connectivity index (χ2v) is 5.83. The minimum Gasteiger partial charge on any atom is -0.480 e. The average molecular weight is 315 g/mol. The number of imide groups is 1. The number of carbonyl (C=O) groups is 4. The Morgan fingerprint density at radius 3 is 2.80 bits per heavy atom. The Balaban J connectivity index is 1.93. The molecule has 1 atom stereocenters. The molecule has 8 nitrogen and oxygen atoms in total. The van der Waals surface area contributed by atoms with Gasteiger partial charge in [-0.2, -0.15) is 0 Å². The van der Waals surface area contributed by atoms with Crippen LogP contribution in [-0.4, -0.2) is 49.8 Å². The van der Waals surface area contributed by atoms with E-state index >= 15 is 0 Å². The van der Waals surface area contributed by atoms with Gasteiger partial charge in [0.15, 0.2) is 5.13 Å². The number of anilines is 1. The van der Waals surface area contributed by atoms with E-state index in [2.05, 4.69) is 10.3 Å². The van der Waals surface area contributed by atoms with Gasteiger partial charge in [0, 0.05) is 18.0 Å². The highest BCUT2D eigenvalue weighted by atomic mass is 32.2. The lowest BCUT2D eigenvalue weighted by atomic mass is 10.2. The molecular weight excluding hydrogens is 306 g/mol. The standard InChI is InChI=1S/C10H9N3O5S2/c14-6(12-9-11-1-2-19-9)3-5-8(17)13(4-7(15)16)10(18)20-5/h1-2,5H,3-4H2,(H,15,16)(H,11,12,14)/t5-/m1/s1. The zero-order valence-corrected chi connectivity index (χ0v) is 11.6. The third kappa shape index (κ3) is 3.33. The maximum absolute atomic E-state index is 11.8. The monoisotopic (exact) mass is 315 g/mol. The number of rotatable bonds is 5. The SMILES string of the molecule is O=C(O)CN1C(=O)S[C@H](CC(=O)Nc2nccs2)C1=O. The fraction of sp³-hybridized carbons (Fsp3) is 0.300. The third-order valence-electron chi connectivity index (χ3n) is 2.35. The van der Waals surface area contributed by atoms with Crippen molar-refractivity contribution in [2.45, 2.75) is 11.7 Å². The highest BCUT2D eigenvalue weighted by Crippen LogP contribution is 2.29. The summed E-state index contributed by atoms with van der Waals surface area (Å²) in [4.78, 5) is 50.0. The Morgan fingerprint density at radius 2 is 2.20 bits per heavy atom. The molecule has 106 valence electrons. The van der Waals surface area contributed by atoms with E-state index < -0.39 is 34.8 Å². The van der Waals surface area contributed by atoms with Crippen LogP contribution in [0.5, 0.6) is 0 Å². The first-order valence-electron chi connectivity index (χ1n) is 5.40. The molecule has 20 heavy (non-hydrogen) atoms. The summed E-state index contributed by atoms with van der Waals surface area (Å²) in [6.07, 6.45) is 1.32. The number of thiazole rings is 1. The minimum absolute atomic E-state index is 0.203. The number of hydrogen-bond acceptors (Lipinski definition) is 7. The molecule has 1 aromatic heterocycles. The van der Waals surface area contributed by atoms with E-state index in [9.17, 15) is 19.2 Å². The average Bonchev–Trinajstić information content (AvgIpc) is 2.93. The Bertz CT molecular complexity index is 559. The number of carbonyl (C=O) groups excluding carboxylic acids is 3. The van der Waals surface area contributed by atoms with E-state index in [1.165, 1.54) is 17.5 Å². The molecule has 0 saturated carbocycles. The maximum atomic E-state index is 11.8. The molecule has 1 aliphatic rings. The van der Waals surface area contributed by atoms with Crippen LogP contribution in [0.4, 0.5) is 9.93 Å². The summed E-state index contributed by atoms with van der Waals surface area (Å²) in [6, 6.07) is 0. The lowest BCUT2D eigenvalue weighted by Gasteiger charge is -2.10. The molecule has 2 rings (SSSR count). The van der Waals surface area contributed by atoms with Crippen LogP contribution in [0.1, 0.15) is 6.42 Å². The fourth-order valence-electron chi connectivity index (χ4n) is 1.53. The van der Waals surface area contributed by atoms with Crippen LogP contribution >= 0.6 is 23.1 Å². The summed E-state index contributed by atoms with van der Waals surface area (Å²) in [5.74, 6) is -2.38. The number of nitrogens with zero attached hydrogens (tertiary/aromatic N) is 2. The van der Waals surface area contributed by atoms with Gasteiger partial charge < -0.3 is 10.4 Å². The zero-order chi connectivity index (χ0) is 14.7. The second kappa shape index (κ2) is 6.01. The van der Waals surface area contributed by atoms with Gasteiger partial charge in [0.25, 0.3) is 5.24 Å². The number of thioether (sulfide) groups is 1.